The summed E-state index contributed by atoms with van der Waals surface area (Å²) in [4.78, 5) is 37.9. The summed E-state index contributed by atoms with van der Waals surface area (Å²) in [5.41, 5.74) is -1.25. The van der Waals surface area contributed by atoms with Gasteiger partial charge in [-0.05, 0) is 74.5 Å². The van der Waals surface area contributed by atoms with Gasteiger partial charge in [0.1, 0.15) is 30.2 Å². The summed E-state index contributed by atoms with van der Waals surface area (Å²) in [6.07, 6.45) is -1.75. The van der Waals surface area contributed by atoms with Crippen molar-refractivity contribution in [3.8, 4) is 0 Å². The summed E-state index contributed by atoms with van der Waals surface area (Å²) in [6, 6.07) is 0. The van der Waals surface area contributed by atoms with Gasteiger partial charge in [0.2, 0.25) is 6.29 Å². The summed E-state index contributed by atoms with van der Waals surface area (Å²) in [5, 5.41) is 41.7. The van der Waals surface area contributed by atoms with E-state index in [4.69, 9.17) is 9.47 Å². The number of esters is 1. The van der Waals surface area contributed by atoms with Gasteiger partial charge in [-0.3, -0.25) is 9.59 Å². The number of Topliss-reactive ketones (excluding diaryl/α,β-unsaturated/α-hetero) is 1. The second kappa shape index (κ2) is 9.28. The molecule has 0 aromatic carbocycles. The third kappa shape index (κ3) is 3.95. The minimum absolute atomic E-state index is 0. The summed E-state index contributed by atoms with van der Waals surface area (Å²) >= 11 is 0. The largest absolute Gasteiger partial charge is 1.00 e. The monoisotopic (exact) mass is 516 g/mol. The van der Waals surface area contributed by atoms with Crippen molar-refractivity contribution in [3.63, 3.8) is 0 Å². The summed E-state index contributed by atoms with van der Waals surface area (Å²) in [7, 11) is 0. The molecule has 0 aromatic rings. The van der Waals surface area contributed by atoms with Crippen LogP contribution in [0.2, 0.25) is 0 Å². The number of hydrogen-bond donors (Lipinski definition) is 3. The molecule has 4 aliphatic carbocycles. The fourth-order valence-electron chi connectivity index (χ4n) is 9.13. The number of ketones is 1. The van der Waals surface area contributed by atoms with Crippen molar-refractivity contribution in [2.24, 2.45) is 33.5 Å². The van der Waals surface area contributed by atoms with Crippen LogP contribution in [0.1, 0.15) is 78.6 Å². The van der Waals surface area contributed by atoms with Crippen LogP contribution in [0, 0.1) is 33.5 Å². The zero-order valence-corrected chi connectivity index (χ0v) is 23.7. The molecule has 5 aliphatic rings. The molecule has 9 nitrogen and oxygen atoms in total. The number of aliphatic hydroxyl groups excluding tert-OH is 3. The van der Waals surface area contributed by atoms with Gasteiger partial charge < -0.3 is 34.7 Å². The Morgan fingerprint density at radius 3 is 2.31 bits per heavy atom. The van der Waals surface area contributed by atoms with Crippen LogP contribution in [0.4, 0.5) is 0 Å². The quantitative estimate of drug-likeness (QED) is 0.272. The predicted octanol–water partition coefficient (Wildman–Crippen LogP) is -2.54. The summed E-state index contributed by atoms with van der Waals surface area (Å²) in [5.74, 6) is -1.64. The van der Waals surface area contributed by atoms with Crippen molar-refractivity contribution in [1.82, 2.24) is 0 Å². The molecule has 5 rings (SSSR count). The van der Waals surface area contributed by atoms with Gasteiger partial charge in [0.15, 0.2) is 0 Å². The molecule has 1 heterocycles. The standard InChI is InChI=1S/C26H38O9.Na/c1-23-9-5-14-24(2)7-4-8-25(3,13(24)6-10-26(14,12-23)11-15(23)27)22(33)35-21-18(30)16(28)17(29)19(34-21)20(31)32;/h13-14,16-19,21,28-30H,4-12H2,1-3H3,(H,31,32);/q;+1/p-1/t13-,14-,16?,17-,18?,19-,21-,23?,24+,25+,26-;/m0./s1. The number of hydrogen-bond acceptors (Lipinski definition) is 9. The number of carbonyl (C=O) groups is 3. The average molecular weight is 517 g/mol. The fourth-order valence-corrected chi connectivity index (χ4v) is 9.13. The Balaban J connectivity index is 0.00000304. The van der Waals surface area contributed by atoms with Crippen molar-refractivity contribution in [1.29, 1.82) is 0 Å². The Morgan fingerprint density at radius 2 is 1.64 bits per heavy atom. The Morgan fingerprint density at radius 1 is 0.972 bits per heavy atom. The van der Waals surface area contributed by atoms with E-state index in [2.05, 4.69) is 13.8 Å². The molecule has 2 bridgehead atoms. The van der Waals surface area contributed by atoms with Gasteiger partial charge in [0, 0.05) is 11.8 Å². The van der Waals surface area contributed by atoms with Crippen LogP contribution in [-0.4, -0.2) is 63.7 Å². The number of ether oxygens (including phenoxy) is 2. The first-order chi connectivity index (χ1) is 16.3. The first-order valence-electron chi connectivity index (χ1n) is 12.9. The van der Waals surface area contributed by atoms with Gasteiger partial charge in [-0.1, -0.05) is 20.3 Å². The number of rotatable bonds is 3. The number of aliphatic hydroxyl groups is 3. The van der Waals surface area contributed by atoms with Crippen molar-refractivity contribution in [3.05, 3.63) is 0 Å². The van der Waals surface area contributed by atoms with Crippen LogP contribution in [0.25, 0.3) is 0 Å². The number of carboxylic acids is 1. The molecule has 196 valence electrons. The molecule has 1 saturated heterocycles. The second-order valence-electron chi connectivity index (χ2n) is 12.8. The molecule has 11 atom stereocenters. The van der Waals surface area contributed by atoms with Crippen molar-refractivity contribution >= 4 is 17.7 Å². The molecule has 4 saturated carbocycles. The molecule has 0 aromatic heterocycles. The smallest absolute Gasteiger partial charge is 0.547 e. The van der Waals surface area contributed by atoms with Gasteiger partial charge in [0.25, 0.3) is 0 Å². The Hall–Kier alpha value is -0.550. The normalized spacial score (nSPS) is 51.9. The van der Waals surface area contributed by atoms with E-state index in [1.807, 2.05) is 6.92 Å². The first-order valence-corrected chi connectivity index (χ1v) is 12.9. The van der Waals surface area contributed by atoms with Crippen molar-refractivity contribution in [2.45, 2.75) is 109 Å². The van der Waals surface area contributed by atoms with Gasteiger partial charge in [-0.2, -0.15) is 0 Å². The molecule has 3 N–H and O–H groups in total. The van der Waals surface area contributed by atoms with E-state index in [0.29, 0.717) is 24.5 Å². The van der Waals surface area contributed by atoms with Crippen molar-refractivity contribution in [2.75, 3.05) is 0 Å². The second-order valence-corrected chi connectivity index (χ2v) is 12.8. The zero-order chi connectivity index (χ0) is 25.6. The van der Waals surface area contributed by atoms with E-state index < -0.39 is 48.1 Å². The minimum atomic E-state index is -1.93. The fraction of sp³-hybridized carbons (Fsp3) is 0.885. The predicted molar refractivity (Wildman–Crippen MR) is 118 cm³/mol. The molecule has 0 radical (unpaired) electrons. The summed E-state index contributed by atoms with van der Waals surface area (Å²) in [6.45, 7) is 6.24. The maximum absolute atomic E-state index is 13.6. The number of fused-ring (bicyclic) bond motifs is 3. The molecular weight excluding hydrogens is 479 g/mol. The molecule has 10 heteroatoms. The van der Waals surface area contributed by atoms with Crippen LogP contribution in [-0.2, 0) is 23.9 Å². The topological polar surface area (TPSA) is 153 Å². The average Bonchev–Trinajstić information content (AvgIpc) is 2.96. The van der Waals surface area contributed by atoms with E-state index in [1.54, 1.807) is 0 Å². The number of aliphatic carboxylic acids is 1. The summed E-state index contributed by atoms with van der Waals surface area (Å²) < 4.78 is 10.7. The van der Waals surface area contributed by atoms with E-state index >= 15 is 0 Å². The number of carbonyl (C=O) groups excluding carboxylic acids is 3. The molecule has 0 amide bonds. The van der Waals surface area contributed by atoms with Gasteiger partial charge in [-0.15, -0.1) is 0 Å². The minimum Gasteiger partial charge on any atom is -0.547 e. The van der Waals surface area contributed by atoms with Gasteiger partial charge >= 0.3 is 35.5 Å². The Bertz CT molecular complexity index is 942. The Kier molecular flexibility index (Phi) is 7.34. The maximum atomic E-state index is 13.6. The third-order valence-electron chi connectivity index (χ3n) is 10.8. The van der Waals surface area contributed by atoms with Crippen LogP contribution in [0.15, 0.2) is 0 Å². The molecule has 1 spiro atoms. The van der Waals surface area contributed by atoms with Gasteiger partial charge in [-0.25, -0.2) is 0 Å². The molecule has 5 fully saturated rings. The molecule has 1 aliphatic heterocycles. The van der Waals surface area contributed by atoms with Crippen LogP contribution in [0.3, 0.4) is 0 Å². The van der Waals surface area contributed by atoms with Crippen molar-refractivity contribution < 1.29 is 73.8 Å². The van der Waals surface area contributed by atoms with Crippen LogP contribution < -0.4 is 34.7 Å². The number of carboxylic acid groups (broad SMARTS) is 1. The molecular formula is C26H37NaO9. The Labute approximate surface area is 233 Å². The third-order valence-corrected chi connectivity index (χ3v) is 10.8. The van der Waals surface area contributed by atoms with Crippen LogP contribution in [0.5, 0.6) is 0 Å². The van der Waals surface area contributed by atoms with Gasteiger partial charge in [0.05, 0.1) is 11.4 Å². The molecule has 3 unspecified atom stereocenters. The maximum Gasteiger partial charge on any atom is 1.00 e. The zero-order valence-electron chi connectivity index (χ0n) is 21.7. The van der Waals surface area contributed by atoms with E-state index in [9.17, 15) is 34.8 Å². The molecule has 36 heavy (non-hydrogen) atoms. The van der Waals surface area contributed by atoms with Crippen LogP contribution >= 0.6 is 0 Å². The first kappa shape index (κ1) is 28.5. The van der Waals surface area contributed by atoms with E-state index in [1.165, 1.54) is 0 Å². The van der Waals surface area contributed by atoms with E-state index in [-0.39, 0.29) is 51.7 Å². The van der Waals surface area contributed by atoms with E-state index in [0.717, 1.165) is 44.9 Å². The SMILES string of the molecule is CC12CC[C@@H]3[C@@](CC[C@H]4[C@@]3(C)CCC[C@@]4(C)C(=O)O[C@@H]3O[C@H](C(=O)[O-])[C@@H](O)C(O)C3O)(CC1=O)C2.[Na+].